The Morgan fingerprint density at radius 1 is 1.38 bits per heavy atom. The second-order valence-corrected chi connectivity index (χ2v) is 5.81. The molecule has 2 aromatic rings. The fraction of sp³-hybridized carbons (Fsp3) is 0.353. The van der Waals surface area contributed by atoms with Crippen LogP contribution < -0.4 is 9.47 Å². The summed E-state index contributed by atoms with van der Waals surface area (Å²) in [4.78, 5) is 4.03. The van der Waals surface area contributed by atoms with Crippen molar-refractivity contribution in [3.05, 3.63) is 54.1 Å². The average molecular weight is 371 g/mol. The van der Waals surface area contributed by atoms with Crippen LogP contribution in [0.2, 0.25) is 5.02 Å². The van der Waals surface area contributed by atoms with E-state index in [4.69, 9.17) is 25.8 Å². The Bertz CT molecular complexity index is 676. The molecule has 130 valence electrons. The zero-order chi connectivity index (χ0) is 16.2. The number of methoxy groups -OCH3 is 1. The predicted octanol–water partition coefficient (Wildman–Crippen LogP) is 3.76. The molecule has 1 aliphatic rings. The minimum atomic E-state index is -0.148. The van der Waals surface area contributed by atoms with Crippen LogP contribution in [0.5, 0.6) is 11.5 Å². The fourth-order valence-corrected chi connectivity index (χ4v) is 2.69. The molecular formula is C17H20Cl2N2O3. The third-order valence-electron chi connectivity index (χ3n) is 3.71. The monoisotopic (exact) mass is 370 g/mol. The third kappa shape index (κ3) is 4.44. The van der Waals surface area contributed by atoms with Crippen molar-refractivity contribution in [2.75, 3.05) is 7.11 Å². The van der Waals surface area contributed by atoms with Crippen molar-refractivity contribution < 1.29 is 14.2 Å². The van der Waals surface area contributed by atoms with Gasteiger partial charge in [0.15, 0.2) is 0 Å². The van der Waals surface area contributed by atoms with Crippen LogP contribution >= 0.6 is 24.0 Å². The molecule has 1 aliphatic heterocycles. The average Bonchev–Trinajstić information content (AvgIpc) is 3.21. The van der Waals surface area contributed by atoms with Gasteiger partial charge >= 0.3 is 0 Å². The highest BCUT2D eigenvalue weighted by molar-refractivity contribution is 6.32. The quantitative estimate of drug-likeness (QED) is 0.726. The molecule has 0 bridgehead atoms. The van der Waals surface area contributed by atoms with Gasteiger partial charge in [-0.05, 0) is 19.1 Å². The Kier molecular flexibility index (Phi) is 6.54. The fourth-order valence-electron chi connectivity index (χ4n) is 2.47. The largest absolute Gasteiger partial charge is 0.497 e. The maximum absolute atomic E-state index is 6.21. The summed E-state index contributed by atoms with van der Waals surface area (Å²) in [7, 11) is 1.60. The lowest BCUT2D eigenvalue weighted by atomic mass is 10.2. The molecule has 3 unspecified atom stereocenters. The van der Waals surface area contributed by atoms with Crippen LogP contribution in [-0.2, 0) is 11.3 Å². The molecule has 3 rings (SSSR count). The number of benzene rings is 1. The predicted molar refractivity (Wildman–Crippen MR) is 95.4 cm³/mol. The number of nitrogens with zero attached hydrogens (tertiary/aromatic N) is 2. The van der Waals surface area contributed by atoms with Gasteiger partial charge in [-0.25, -0.2) is 4.98 Å². The van der Waals surface area contributed by atoms with Crippen LogP contribution in [0.15, 0.2) is 49.1 Å². The van der Waals surface area contributed by atoms with Crippen molar-refractivity contribution in [1.82, 2.24) is 9.55 Å². The molecule has 0 fully saturated rings. The third-order valence-corrected chi connectivity index (χ3v) is 4.01. The number of rotatable bonds is 6. The molecular weight excluding hydrogens is 351 g/mol. The van der Waals surface area contributed by atoms with Gasteiger partial charge in [-0.3, -0.25) is 0 Å². The summed E-state index contributed by atoms with van der Waals surface area (Å²) in [5.41, 5.74) is 0. The number of hydrogen-bond acceptors (Lipinski definition) is 4. The Balaban J connectivity index is 0.00000208. The van der Waals surface area contributed by atoms with E-state index in [0.29, 0.717) is 16.5 Å². The van der Waals surface area contributed by atoms with Crippen LogP contribution in [-0.4, -0.2) is 35.0 Å². The maximum atomic E-state index is 6.21. The molecule has 0 N–H and O–H groups in total. The first-order valence-corrected chi connectivity index (χ1v) is 7.83. The number of ether oxygens (including phenoxy) is 3. The van der Waals surface area contributed by atoms with E-state index < -0.39 is 0 Å². The maximum Gasteiger partial charge on any atom is 0.138 e. The molecule has 24 heavy (non-hydrogen) atoms. The second-order valence-electron chi connectivity index (χ2n) is 5.40. The van der Waals surface area contributed by atoms with E-state index in [1.165, 1.54) is 0 Å². The topological polar surface area (TPSA) is 45.5 Å². The zero-order valence-electron chi connectivity index (χ0n) is 13.5. The Morgan fingerprint density at radius 2 is 2.21 bits per heavy atom. The van der Waals surface area contributed by atoms with Crippen molar-refractivity contribution in [3.63, 3.8) is 0 Å². The van der Waals surface area contributed by atoms with Gasteiger partial charge in [0, 0.05) is 18.5 Å². The molecule has 5 nitrogen and oxygen atoms in total. The van der Waals surface area contributed by atoms with Gasteiger partial charge in [-0.1, -0.05) is 23.8 Å². The molecule has 0 aliphatic carbocycles. The van der Waals surface area contributed by atoms with E-state index in [-0.39, 0.29) is 30.7 Å². The summed E-state index contributed by atoms with van der Waals surface area (Å²) in [6.45, 7) is 2.71. The molecule has 0 saturated carbocycles. The van der Waals surface area contributed by atoms with Gasteiger partial charge in [-0.15, -0.1) is 12.4 Å². The highest BCUT2D eigenvalue weighted by atomic mass is 35.5. The van der Waals surface area contributed by atoms with E-state index in [2.05, 4.69) is 11.1 Å². The summed E-state index contributed by atoms with van der Waals surface area (Å²) in [6.07, 6.45) is 9.30. The number of imidazole rings is 1. The second kappa shape index (κ2) is 8.42. The van der Waals surface area contributed by atoms with Crippen molar-refractivity contribution in [2.24, 2.45) is 0 Å². The van der Waals surface area contributed by atoms with Gasteiger partial charge in [0.25, 0.3) is 0 Å². The molecule has 0 saturated heterocycles. The first-order chi connectivity index (χ1) is 11.2. The molecule has 1 aromatic carbocycles. The molecule has 1 aromatic heterocycles. The molecule has 3 atom stereocenters. The normalized spacial score (nSPS) is 20.5. The standard InChI is InChI=1S/C17H19ClN2O3.ClH/c1-12(22-17-6-3-13(21-2)9-15(17)18)16-5-4-14(23-16)10-20-8-7-19-11-20;/h3-9,11-12,14,16H,10H2,1-2H3;1H. The highest BCUT2D eigenvalue weighted by Gasteiger charge is 2.26. The lowest BCUT2D eigenvalue weighted by Gasteiger charge is -2.22. The van der Waals surface area contributed by atoms with E-state index in [1.807, 2.05) is 29.8 Å². The molecule has 0 amide bonds. The minimum absolute atomic E-state index is 0. The van der Waals surface area contributed by atoms with Gasteiger partial charge < -0.3 is 18.8 Å². The van der Waals surface area contributed by atoms with Crippen molar-refractivity contribution in [1.29, 1.82) is 0 Å². The lowest BCUT2D eigenvalue weighted by molar-refractivity contribution is -0.00853. The Labute approximate surface area is 152 Å². The summed E-state index contributed by atoms with van der Waals surface area (Å²) >= 11 is 6.21. The van der Waals surface area contributed by atoms with Gasteiger partial charge in [0.05, 0.1) is 31.1 Å². The van der Waals surface area contributed by atoms with E-state index >= 15 is 0 Å². The summed E-state index contributed by atoms with van der Waals surface area (Å²) in [5.74, 6) is 1.32. The van der Waals surface area contributed by atoms with Gasteiger partial charge in [-0.2, -0.15) is 0 Å². The molecule has 0 radical (unpaired) electrons. The highest BCUT2D eigenvalue weighted by Crippen LogP contribution is 2.30. The number of hydrogen-bond donors (Lipinski definition) is 0. The zero-order valence-corrected chi connectivity index (χ0v) is 15.0. The smallest absolute Gasteiger partial charge is 0.138 e. The van der Waals surface area contributed by atoms with E-state index in [9.17, 15) is 0 Å². The molecule has 0 spiro atoms. The van der Waals surface area contributed by atoms with Crippen molar-refractivity contribution in [2.45, 2.75) is 31.8 Å². The Hall–Kier alpha value is -1.69. The van der Waals surface area contributed by atoms with Crippen LogP contribution in [0, 0.1) is 0 Å². The van der Waals surface area contributed by atoms with Crippen LogP contribution in [0.1, 0.15) is 6.92 Å². The Morgan fingerprint density at radius 3 is 2.88 bits per heavy atom. The van der Waals surface area contributed by atoms with Crippen LogP contribution in [0.4, 0.5) is 0 Å². The number of halogens is 2. The van der Waals surface area contributed by atoms with Crippen molar-refractivity contribution in [3.8, 4) is 11.5 Å². The first kappa shape index (κ1) is 18.6. The molecule has 2 heterocycles. The minimum Gasteiger partial charge on any atom is -0.497 e. The van der Waals surface area contributed by atoms with Gasteiger partial charge in [0.1, 0.15) is 23.7 Å². The van der Waals surface area contributed by atoms with E-state index in [1.54, 1.807) is 31.8 Å². The molecule has 7 heteroatoms. The van der Waals surface area contributed by atoms with Crippen LogP contribution in [0.3, 0.4) is 0 Å². The van der Waals surface area contributed by atoms with Crippen molar-refractivity contribution >= 4 is 24.0 Å². The number of aromatic nitrogens is 2. The van der Waals surface area contributed by atoms with Crippen LogP contribution in [0.25, 0.3) is 0 Å². The first-order valence-electron chi connectivity index (χ1n) is 7.45. The lowest BCUT2D eigenvalue weighted by Crippen LogP contribution is -2.30. The summed E-state index contributed by atoms with van der Waals surface area (Å²) in [6, 6.07) is 5.36. The SMILES string of the molecule is COc1ccc(OC(C)C2C=CC(Cn3ccnc3)O2)c(Cl)c1.Cl. The van der Waals surface area contributed by atoms with Gasteiger partial charge in [0.2, 0.25) is 0 Å². The van der Waals surface area contributed by atoms with E-state index in [0.717, 1.165) is 6.54 Å². The summed E-state index contributed by atoms with van der Waals surface area (Å²) in [5, 5.41) is 0.521. The summed E-state index contributed by atoms with van der Waals surface area (Å²) < 4.78 is 19.1.